The molecule has 0 bridgehead atoms. The summed E-state index contributed by atoms with van der Waals surface area (Å²) in [5, 5.41) is 0. The van der Waals surface area contributed by atoms with E-state index in [0.717, 1.165) is 31.4 Å². The predicted molar refractivity (Wildman–Crippen MR) is 118 cm³/mol. The Bertz CT molecular complexity index is 1000. The second-order valence-corrected chi connectivity index (χ2v) is 9.33. The minimum atomic E-state index is -3.68. The molecule has 31 heavy (non-hydrogen) atoms. The van der Waals surface area contributed by atoms with E-state index >= 15 is 0 Å². The number of carbonyl (C=O) groups is 2. The fraction of sp³-hybridized carbons (Fsp3) is 0.391. The second kappa shape index (κ2) is 10.5. The molecule has 166 valence electrons. The molecule has 0 atom stereocenters. The second-order valence-electron chi connectivity index (χ2n) is 7.40. The van der Waals surface area contributed by atoms with E-state index in [1.54, 1.807) is 12.1 Å². The van der Waals surface area contributed by atoms with Gasteiger partial charge in [-0.1, -0.05) is 37.1 Å². The highest BCUT2D eigenvalue weighted by Gasteiger charge is 2.26. The molecule has 0 N–H and O–H groups in total. The number of rotatable bonds is 7. The van der Waals surface area contributed by atoms with Crippen molar-refractivity contribution in [3.05, 3.63) is 60.2 Å². The molecule has 0 radical (unpaired) electrons. The highest BCUT2D eigenvalue weighted by Crippen LogP contribution is 2.21. The molecular formula is C23H28N2O5S. The molecule has 2 aromatic rings. The van der Waals surface area contributed by atoms with Crippen LogP contribution in [0.4, 0.5) is 5.69 Å². The minimum absolute atomic E-state index is 0.0645. The maximum absolute atomic E-state index is 13.0. The van der Waals surface area contributed by atoms with Crippen LogP contribution in [0.25, 0.3) is 0 Å². The van der Waals surface area contributed by atoms with Crippen LogP contribution >= 0.6 is 0 Å². The molecule has 8 heteroatoms. The standard InChI is InChI=1S/C23H28N2O5S/c1-2-25(20-12-6-5-7-13-20)22(26)18-30-23(27)19-11-10-14-21(17-19)31(28,29)24-15-8-3-4-9-16-24/h5-7,10-14,17H,2-4,8-9,15-16,18H2,1H3. The van der Waals surface area contributed by atoms with E-state index in [2.05, 4.69) is 0 Å². The molecule has 3 rings (SSSR count). The molecule has 0 saturated carbocycles. The summed E-state index contributed by atoms with van der Waals surface area (Å²) in [6, 6.07) is 14.9. The molecule has 1 aliphatic rings. The summed E-state index contributed by atoms with van der Waals surface area (Å²) in [5.74, 6) is -1.08. The lowest BCUT2D eigenvalue weighted by atomic mass is 10.2. The van der Waals surface area contributed by atoms with Gasteiger partial charge in [-0.05, 0) is 50.1 Å². The number of hydrogen-bond donors (Lipinski definition) is 0. The Morgan fingerprint density at radius 3 is 2.29 bits per heavy atom. The molecular weight excluding hydrogens is 416 g/mol. The van der Waals surface area contributed by atoms with Gasteiger partial charge in [0, 0.05) is 25.3 Å². The molecule has 0 aromatic heterocycles. The van der Waals surface area contributed by atoms with E-state index < -0.39 is 22.6 Å². The van der Waals surface area contributed by atoms with Crippen molar-refractivity contribution in [2.75, 3.05) is 31.1 Å². The topological polar surface area (TPSA) is 84.0 Å². The van der Waals surface area contributed by atoms with Gasteiger partial charge in [-0.25, -0.2) is 13.2 Å². The number of likely N-dealkylation sites (N-methyl/N-ethyl adjacent to an activating group) is 1. The summed E-state index contributed by atoms with van der Waals surface area (Å²) in [6.45, 7) is 2.81. The number of para-hydroxylation sites is 1. The summed E-state index contributed by atoms with van der Waals surface area (Å²) in [4.78, 5) is 26.6. The highest BCUT2D eigenvalue weighted by molar-refractivity contribution is 7.89. The third-order valence-electron chi connectivity index (χ3n) is 5.28. The first-order chi connectivity index (χ1) is 14.9. The van der Waals surface area contributed by atoms with E-state index in [-0.39, 0.29) is 16.4 Å². The minimum Gasteiger partial charge on any atom is -0.452 e. The van der Waals surface area contributed by atoms with Gasteiger partial charge < -0.3 is 9.64 Å². The van der Waals surface area contributed by atoms with Gasteiger partial charge in [-0.15, -0.1) is 0 Å². The van der Waals surface area contributed by atoms with E-state index in [1.165, 1.54) is 33.5 Å². The molecule has 1 fully saturated rings. The first kappa shape index (κ1) is 23.0. The zero-order valence-corrected chi connectivity index (χ0v) is 18.5. The van der Waals surface area contributed by atoms with Crippen LogP contribution in [0, 0.1) is 0 Å². The summed E-state index contributed by atoms with van der Waals surface area (Å²) in [6.07, 6.45) is 3.70. The van der Waals surface area contributed by atoms with Crippen LogP contribution in [0.5, 0.6) is 0 Å². The predicted octanol–water partition coefficient (Wildman–Crippen LogP) is 3.46. The Morgan fingerprint density at radius 1 is 0.968 bits per heavy atom. The van der Waals surface area contributed by atoms with Crippen LogP contribution in [0.15, 0.2) is 59.5 Å². The quantitative estimate of drug-likeness (QED) is 0.611. The zero-order chi connectivity index (χ0) is 22.3. The number of benzene rings is 2. The summed E-state index contributed by atoms with van der Waals surface area (Å²) in [5.41, 5.74) is 0.822. The molecule has 7 nitrogen and oxygen atoms in total. The van der Waals surface area contributed by atoms with Crippen molar-refractivity contribution >= 4 is 27.6 Å². The van der Waals surface area contributed by atoms with Crippen LogP contribution in [0.2, 0.25) is 0 Å². The Hall–Kier alpha value is -2.71. The number of esters is 1. The average Bonchev–Trinajstić information content (AvgIpc) is 3.09. The molecule has 2 aromatic carbocycles. The molecule has 1 saturated heterocycles. The van der Waals surface area contributed by atoms with Crippen molar-refractivity contribution in [3.8, 4) is 0 Å². The number of carbonyl (C=O) groups excluding carboxylic acids is 2. The van der Waals surface area contributed by atoms with E-state index in [0.29, 0.717) is 19.6 Å². The summed E-state index contributed by atoms with van der Waals surface area (Å²) < 4.78 is 32.6. The maximum Gasteiger partial charge on any atom is 0.338 e. The van der Waals surface area contributed by atoms with Crippen LogP contribution in [0.3, 0.4) is 0 Å². The smallest absolute Gasteiger partial charge is 0.338 e. The summed E-state index contributed by atoms with van der Waals surface area (Å²) in [7, 11) is -3.68. The van der Waals surface area contributed by atoms with Crippen LogP contribution < -0.4 is 4.90 Å². The Kier molecular flexibility index (Phi) is 7.81. The lowest BCUT2D eigenvalue weighted by molar-refractivity contribution is -0.121. The SMILES string of the molecule is CCN(C(=O)COC(=O)c1cccc(S(=O)(=O)N2CCCCCC2)c1)c1ccccc1. The van der Waals surface area contributed by atoms with Gasteiger partial charge in [0.1, 0.15) is 0 Å². The number of anilines is 1. The lowest BCUT2D eigenvalue weighted by Gasteiger charge is -2.21. The molecule has 0 spiro atoms. The van der Waals surface area contributed by atoms with Crippen LogP contribution in [0.1, 0.15) is 43.0 Å². The largest absolute Gasteiger partial charge is 0.452 e. The van der Waals surface area contributed by atoms with Crippen molar-refractivity contribution in [3.63, 3.8) is 0 Å². The van der Waals surface area contributed by atoms with E-state index in [1.807, 2.05) is 25.1 Å². The third-order valence-corrected chi connectivity index (χ3v) is 7.18. The maximum atomic E-state index is 13.0. The number of ether oxygens (including phenoxy) is 1. The molecule has 1 amide bonds. The average molecular weight is 445 g/mol. The highest BCUT2D eigenvalue weighted by atomic mass is 32.2. The van der Waals surface area contributed by atoms with Crippen molar-refractivity contribution < 1.29 is 22.7 Å². The van der Waals surface area contributed by atoms with Gasteiger partial charge in [0.2, 0.25) is 10.0 Å². The van der Waals surface area contributed by atoms with Gasteiger partial charge in [0.15, 0.2) is 6.61 Å². The fourth-order valence-electron chi connectivity index (χ4n) is 3.61. The van der Waals surface area contributed by atoms with Crippen LogP contribution in [-0.2, 0) is 19.6 Å². The van der Waals surface area contributed by atoms with E-state index in [9.17, 15) is 18.0 Å². The Labute approximate surface area is 183 Å². The van der Waals surface area contributed by atoms with Crippen molar-refractivity contribution in [2.45, 2.75) is 37.5 Å². The number of nitrogens with zero attached hydrogens (tertiary/aromatic N) is 2. The number of sulfonamides is 1. The number of hydrogen-bond acceptors (Lipinski definition) is 5. The molecule has 0 aliphatic carbocycles. The van der Waals surface area contributed by atoms with Gasteiger partial charge in [-0.3, -0.25) is 4.79 Å². The van der Waals surface area contributed by atoms with E-state index in [4.69, 9.17) is 4.74 Å². The van der Waals surface area contributed by atoms with Crippen LogP contribution in [-0.4, -0.2) is 50.8 Å². The molecule has 0 unspecified atom stereocenters. The number of amides is 1. The Morgan fingerprint density at radius 2 is 1.65 bits per heavy atom. The van der Waals surface area contributed by atoms with Crippen molar-refractivity contribution in [1.82, 2.24) is 4.31 Å². The first-order valence-electron chi connectivity index (χ1n) is 10.6. The third kappa shape index (κ3) is 5.71. The first-order valence-corrected chi connectivity index (χ1v) is 12.0. The molecule has 1 aliphatic heterocycles. The zero-order valence-electron chi connectivity index (χ0n) is 17.7. The Balaban J connectivity index is 1.68. The normalized spacial score (nSPS) is 15.1. The van der Waals surface area contributed by atoms with Crippen molar-refractivity contribution in [2.24, 2.45) is 0 Å². The van der Waals surface area contributed by atoms with Crippen molar-refractivity contribution in [1.29, 1.82) is 0 Å². The van der Waals surface area contributed by atoms with Gasteiger partial charge >= 0.3 is 5.97 Å². The fourth-order valence-corrected chi connectivity index (χ4v) is 5.18. The van der Waals surface area contributed by atoms with Gasteiger partial charge in [0.05, 0.1) is 10.5 Å². The monoisotopic (exact) mass is 444 g/mol. The van der Waals surface area contributed by atoms with Gasteiger partial charge in [0.25, 0.3) is 5.91 Å². The van der Waals surface area contributed by atoms with Gasteiger partial charge in [-0.2, -0.15) is 4.31 Å². The summed E-state index contributed by atoms with van der Waals surface area (Å²) >= 11 is 0. The lowest BCUT2D eigenvalue weighted by Crippen LogP contribution is -2.34. The molecule has 1 heterocycles.